The van der Waals surface area contributed by atoms with Crippen LogP contribution in [0.5, 0.6) is 0 Å². The lowest BCUT2D eigenvalue weighted by atomic mass is 9.44. The van der Waals surface area contributed by atoms with Crippen molar-refractivity contribution < 1.29 is 52.4 Å². The Hall–Kier alpha value is -2.53. The van der Waals surface area contributed by atoms with Crippen molar-refractivity contribution in [2.75, 3.05) is 7.11 Å². The van der Waals surface area contributed by atoms with Gasteiger partial charge in [0.05, 0.1) is 13.2 Å². The number of carbonyl (C=O) groups excluding carboxylic acids is 5. The van der Waals surface area contributed by atoms with Crippen molar-refractivity contribution in [1.29, 1.82) is 0 Å². The van der Waals surface area contributed by atoms with E-state index < -0.39 is 54.6 Å². The number of ether oxygens (including phenoxy) is 6. The summed E-state index contributed by atoms with van der Waals surface area (Å²) in [7, 11) is 1.17. The van der Waals surface area contributed by atoms with Gasteiger partial charge < -0.3 is 28.4 Å². The summed E-state index contributed by atoms with van der Waals surface area (Å²) >= 11 is 0. The molecule has 5 rings (SSSR count). The van der Waals surface area contributed by atoms with Gasteiger partial charge in [-0.3, -0.25) is 19.2 Å². The Morgan fingerprint density at radius 3 is 1.91 bits per heavy atom. The number of esters is 4. The molecule has 0 aromatic carbocycles. The van der Waals surface area contributed by atoms with Gasteiger partial charge in [-0.2, -0.15) is 0 Å². The van der Waals surface area contributed by atoms with Crippen molar-refractivity contribution in [2.45, 2.75) is 136 Å². The second-order valence-electron chi connectivity index (χ2n) is 14.6. The zero-order chi connectivity index (χ0) is 32.8. The number of carbonyl (C=O) groups is 5. The summed E-state index contributed by atoms with van der Waals surface area (Å²) in [5.74, 6) is -0.211. The SMILES string of the molecule is COC(=O)[C@H]1O[C@@H](O[C@@H]2CC[C@@]3(C)[C@H](CC[C@@H]4[C@@H]3CC[C@]3(C)[C@@H](C(C)=O)CC[C@@H]43)C2)[C@H](OC(C)=O)[C@@H](OC(C)=O)[C@@H]1OC(C)=O. The van der Waals surface area contributed by atoms with Crippen LogP contribution in [-0.4, -0.2) is 73.6 Å². The number of methoxy groups -OCH3 is 1. The smallest absolute Gasteiger partial charge is 0.339 e. The van der Waals surface area contributed by atoms with E-state index in [1.807, 2.05) is 0 Å². The zero-order valence-electron chi connectivity index (χ0n) is 27.7. The minimum atomic E-state index is -1.47. The molecule has 0 bridgehead atoms. The third-order valence-electron chi connectivity index (χ3n) is 12.3. The molecule has 0 aromatic heterocycles. The fourth-order valence-electron chi connectivity index (χ4n) is 10.4. The molecule has 13 atom stereocenters. The Labute approximate surface area is 265 Å². The van der Waals surface area contributed by atoms with Crippen LogP contribution in [0.3, 0.4) is 0 Å². The second-order valence-corrected chi connectivity index (χ2v) is 14.6. The van der Waals surface area contributed by atoms with Gasteiger partial charge in [0.1, 0.15) is 5.78 Å². The number of ketones is 1. The zero-order valence-corrected chi connectivity index (χ0v) is 27.7. The lowest BCUT2D eigenvalue weighted by Gasteiger charge is -2.61. The molecule has 4 saturated carbocycles. The van der Waals surface area contributed by atoms with E-state index in [0.717, 1.165) is 64.7 Å². The van der Waals surface area contributed by atoms with E-state index in [1.54, 1.807) is 6.92 Å². The van der Waals surface area contributed by atoms with Gasteiger partial charge in [-0.05, 0) is 99.2 Å². The minimum absolute atomic E-state index is 0.110. The fraction of sp³-hybridized carbons (Fsp3) is 0.853. The van der Waals surface area contributed by atoms with Gasteiger partial charge in [0.2, 0.25) is 0 Å². The van der Waals surface area contributed by atoms with Gasteiger partial charge >= 0.3 is 23.9 Å². The van der Waals surface area contributed by atoms with E-state index in [-0.39, 0.29) is 22.9 Å². The topological polar surface area (TPSA) is 141 Å². The van der Waals surface area contributed by atoms with Gasteiger partial charge in [0.25, 0.3) is 0 Å². The maximum atomic E-state index is 12.8. The second kappa shape index (κ2) is 12.9. The van der Waals surface area contributed by atoms with Crippen molar-refractivity contribution in [3.8, 4) is 0 Å². The van der Waals surface area contributed by atoms with Crippen LogP contribution in [0, 0.1) is 40.4 Å². The van der Waals surface area contributed by atoms with E-state index in [0.29, 0.717) is 29.5 Å². The standard InChI is InChI=1S/C34H50O11/c1-17(35)24-10-11-25-23-9-8-21-16-22(12-14-33(21,5)26(23)13-15-34(24,25)6)44-32-30(43-20(4)38)28(42-19(3)37)27(41-18(2)36)29(45-32)31(39)40-7/h21-30,32H,8-16H2,1-7H3/t21-,22-,23+,24-,25+,26+,27+,28+,29+,30-,32-,33+,34-/m1/s1. The molecule has 0 spiro atoms. The third-order valence-corrected chi connectivity index (χ3v) is 12.3. The highest BCUT2D eigenvalue weighted by molar-refractivity contribution is 5.79. The highest BCUT2D eigenvalue weighted by Crippen LogP contribution is 2.67. The minimum Gasteiger partial charge on any atom is -0.467 e. The first-order valence-electron chi connectivity index (χ1n) is 16.6. The Kier molecular flexibility index (Phi) is 9.72. The Morgan fingerprint density at radius 2 is 1.29 bits per heavy atom. The molecular weight excluding hydrogens is 584 g/mol. The van der Waals surface area contributed by atoms with Crippen LogP contribution < -0.4 is 0 Å². The summed E-state index contributed by atoms with van der Waals surface area (Å²) in [5.41, 5.74) is 0.259. The molecule has 1 aliphatic heterocycles. The summed E-state index contributed by atoms with van der Waals surface area (Å²) < 4.78 is 33.9. The molecule has 45 heavy (non-hydrogen) atoms. The predicted molar refractivity (Wildman–Crippen MR) is 158 cm³/mol. The summed E-state index contributed by atoms with van der Waals surface area (Å²) in [6.45, 7) is 10.1. The fourth-order valence-corrected chi connectivity index (χ4v) is 10.4. The first-order valence-corrected chi connectivity index (χ1v) is 16.6. The predicted octanol–water partition coefficient (Wildman–Crippen LogP) is 4.31. The summed E-state index contributed by atoms with van der Waals surface area (Å²) in [6, 6.07) is 0. The van der Waals surface area contributed by atoms with Crippen molar-refractivity contribution >= 4 is 29.7 Å². The quantitative estimate of drug-likeness (QED) is 0.225. The lowest BCUT2D eigenvalue weighted by Crippen LogP contribution is -2.64. The van der Waals surface area contributed by atoms with Crippen LogP contribution >= 0.6 is 0 Å². The Balaban J connectivity index is 1.34. The van der Waals surface area contributed by atoms with Crippen molar-refractivity contribution in [3.63, 3.8) is 0 Å². The average molecular weight is 635 g/mol. The van der Waals surface area contributed by atoms with E-state index in [2.05, 4.69) is 13.8 Å². The monoisotopic (exact) mass is 634 g/mol. The lowest BCUT2D eigenvalue weighted by molar-refractivity contribution is -0.315. The summed E-state index contributed by atoms with van der Waals surface area (Å²) in [6.07, 6.45) is 2.04. The highest BCUT2D eigenvalue weighted by Gasteiger charge is 2.61. The number of hydrogen-bond acceptors (Lipinski definition) is 11. The van der Waals surface area contributed by atoms with E-state index in [4.69, 9.17) is 28.4 Å². The van der Waals surface area contributed by atoms with E-state index in [9.17, 15) is 24.0 Å². The van der Waals surface area contributed by atoms with Crippen LogP contribution in [-0.2, 0) is 52.4 Å². The van der Waals surface area contributed by atoms with Gasteiger partial charge in [-0.25, -0.2) is 4.79 Å². The van der Waals surface area contributed by atoms with Crippen molar-refractivity contribution in [3.05, 3.63) is 0 Å². The van der Waals surface area contributed by atoms with Gasteiger partial charge in [0, 0.05) is 26.7 Å². The van der Waals surface area contributed by atoms with Gasteiger partial charge in [-0.1, -0.05) is 13.8 Å². The Morgan fingerprint density at radius 1 is 0.689 bits per heavy atom. The third kappa shape index (κ3) is 6.27. The maximum absolute atomic E-state index is 12.8. The van der Waals surface area contributed by atoms with Crippen LogP contribution in [0.25, 0.3) is 0 Å². The Bertz CT molecular complexity index is 1180. The van der Waals surface area contributed by atoms with E-state index in [1.165, 1.54) is 21.0 Å². The number of rotatable bonds is 7. The molecule has 0 aromatic rings. The molecule has 1 saturated heterocycles. The van der Waals surface area contributed by atoms with Crippen LogP contribution in [0.2, 0.25) is 0 Å². The van der Waals surface area contributed by atoms with E-state index >= 15 is 0 Å². The molecule has 0 amide bonds. The largest absolute Gasteiger partial charge is 0.467 e. The number of hydrogen-bond donors (Lipinski definition) is 0. The molecule has 252 valence electrons. The molecule has 4 aliphatic carbocycles. The molecule has 1 heterocycles. The first-order chi connectivity index (χ1) is 21.2. The molecule has 11 heteroatoms. The number of Topliss-reactive ketones (excluding diaryl/α,β-unsaturated/α-hetero) is 1. The molecule has 11 nitrogen and oxygen atoms in total. The molecule has 0 radical (unpaired) electrons. The van der Waals surface area contributed by atoms with Crippen LogP contribution in [0.1, 0.15) is 99.3 Å². The van der Waals surface area contributed by atoms with Crippen molar-refractivity contribution in [2.24, 2.45) is 40.4 Å². The molecule has 5 aliphatic rings. The summed E-state index contributed by atoms with van der Waals surface area (Å²) in [4.78, 5) is 61.7. The van der Waals surface area contributed by atoms with Gasteiger partial charge in [-0.15, -0.1) is 0 Å². The van der Waals surface area contributed by atoms with Gasteiger partial charge in [0.15, 0.2) is 30.7 Å². The molecular formula is C34H50O11. The van der Waals surface area contributed by atoms with Crippen molar-refractivity contribution in [1.82, 2.24) is 0 Å². The molecule has 0 N–H and O–H groups in total. The highest BCUT2D eigenvalue weighted by atomic mass is 16.7. The molecule has 5 fully saturated rings. The maximum Gasteiger partial charge on any atom is 0.339 e. The normalized spacial score (nSPS) is 43.9. The molecule has 0 unspecified atom stereocenters. The number of fused-ring (bicyclic) bond motifs is 5. The van der Waals surface area contributed by atoms with Crippen LogP contribution in [0.4, 0.5) is 0 Å². The first kappa shape index (κ1) is 33.8. The average Bonchev–Trinajstić information content (AvgIpc) is 3.32. The summed E-state index contributed by atoms with van der Waals surface area (Å²) in [5, 5.41) is 0. The van der Waals surface area contributed by atoms with Crippen LogP contribution in [0.15, 0.2) is 0 Å².